The number of rotatable bonds is 3. The molecule has 4 nitrogen and oxygen atoms in total. The molecule has 1 rings (SSSR count). The molecule has 0 aliphatic carbocycles. The summed E-state index contributed by atoms with van der Waals surface area (Å²) in [6.45, 7) is 1.99. The Bertz CT molecular complexity index is 259. The van der Waals surface area contributed by atoms with Crippen LogP contribution in [0.4, 0.5) is 0 Å². The van der Waals surface area contributed by atoms with E-state index in [1.807, 2.05) is 6.92 Å². The zero-order valence-corrected chi connectivity index (χ0v) is 6.89. The van der Waals surface area contributed by atoms with Gasteiger partial charge in [0.05, 0.1) is 4.88 Å². The van der Waals surface area contributed by atoms with E-state index in [2.05, 4.69) is 9.59 Å². The van der Waals surface area contributed by atoms with Gasteiger partial charge in [0.2, 0.25) is 0 Å². The minimum atomic E-state index is -0.984. The van der Waals surface area contributed by atoms with E-state index in [1.165, 1.54) is 0 Å². The van der Waals surface area contributed by atoms with Gasteiger partial charge in [0, 0.05) is 0 Å². The van der Waals surface area contributed by atoms with E-state index in [0.717, 1.165) is 29.3 Å². The van der Waals surface area contributed by atoms with Crippen LogP contribution in [0.3, 0.4) is 0 Å². The molecule has 60 valence electrons. The van der Waals surface area contributed by atoms with Crippen LogP contribution in [0.2, 0.25) is 0 Å². The van der Waals surface area contributed by atoms with Crippen molar-refractivity contribution in [2.75, 3.05) is 0 Å². The van der Waals surface area contributed by atoms with E-state index in [1.54, 1.807) is 0 Å². The fraction of sp³-hybridized carbons (Fsp3) is 0.500. The van der Waals surface area contributed by atoms with E-state index in [0.29, 0.717) is 0 Å². The van der Waals surface area contributed by atoms with Crippen LogP contribution in [0.15, 0.2) is 0 Å². The van der Waals surface area contributed by atoms with Gasteiger partial charge < -0.3 is 5.11 Å². The van der Waals surface area contributed by atoms with Gasteiger partial charge in [0.1, 0.15) is 0 Å². The number of nitrogens with zero attached hydrogens (tertiary/aromatic N) is 2. The Morgan fingerprint density at radius 3 is 3.00 bits per heavy atom. The zero-order valence-electron chi connectivity index (χ0n) is 6.07. The lowest BCUT2D eigenvalue weighted by Gasteiger charge is -1.90. The lowest BCUT2D eigenvalue weighted by atomic mass is 10.2. The summed E-state index contributed by atoms with van der Waals surface area (Å²) in [4.78, 5) is 11.2. The third-order valence-electron chi connectivity index (χ3n) is 1.24. The van der Waals surface area contributed by atoms with E-state index in [-0.39, 0.29) is 5.69 Å². The zero-order chi connectivity index (χ0) is 8.27. The maximum atomic E-state index is 10.5. The molecule has 1 aromatic heterocycles. The largest absolute Gasteiger partial charge is 0.476 e. The molecule has 0 unspecified atom stereocenters. The fourth-order valence-corrected chi connectivity index (χ4v) is 1.49. The summed E-state index contributed by atoms with van der Waals surface area (Å²) >= 11 is 1.16. The average Bonchev–Trinajstić information content (AvgIpc) is 2.36. The van der Waals surface area contributed by atoms with Crippen LogP contribution >= 0.6 is 11.5 Å². The monoisotopic (exact) mass is 172 g/mol. The predicted molar refractivity (Wildman–Crippen MR) is 40.9 cm³/mol. The van der Waals surface area contributed by atoms with Gasteiger partial charge in [0.15, 0.2) is 5.69 Å². The van der Waals surface area contributed by atoms with Crippen molar-refractivity contribution in [3.8, 4) is 0 Å². The summed E-state index contributed by atoms with van der Waals surface area (Å²) in [5.74, 6) is -0.984. The van der Waals surface area contributed by atoms with Gasteiger partial charge in [-0.05, 0) is 18.0 Å². The summed E-state index contributed by atoms with van der Waals surface area (Å²) in [6.07, 6.45) is 1.67. The minimum Gasteiger partial charge on any atom is -0.476 e. The Balaban J connectivity index is 2.87. The Morgan fingerprint density at radius 1 is 1.73 bits per heavy atom. The summed E-state index contributed by atoms with van der Waals surface area (Å²) in [6, 6.07) is 0. The summed E-state index contributed by atoms with van der Waals surface area (Å²) < 4.78 is 3.57. The highest BCUT2D eigenvalue weighted by molar-refractivity contribution is 7.05. The lowest BCUT2D eigenvalue weighted by Crippen LogP contribution is -2.00. The van der Waals surface area contributed by atoms with Gasteiger partial charge in [-0.1, -0.05) is 17.8 Å². The van der Waals surface area contributed by atoms with E-state index in [4.69, 9.17) is 5.11 Å². The molecule has 0 bridgehead atoms. The summed E-state index contributed by atoms with van der Waals surface area (Å²) in [5, 5.41) is 12.1. The highest BCUT2D eigenvalue weighted by Gasteiger charge is 2.13. The highest BCUT2D eigenvalue weighted by Crippen LogP contribution is 2.12. The van der Waals surface area contributed by atoms with Crippen LogP contribution in [0.1, 0.15) is 28.7 Å². The summed E-state index contributed by atoms with van der Waals surface area (Å²) in [5.41, 5.74) is 0.108. The smallest absolute Gasteiger partial charge is 0.357 e. The molecule has 0 radical (unpaired) electrons. The first-order chi connectivity index (χ1) is 5.25. The van der Waals surface area contributed by atoms with Crippen LogP contribution in [0.5, 0.6) is 0 Å². The molecule has 1 heterocycles. The second-order valence-corrected chi connectivity index (χ2v) is 2.94. The molecule has 0 aromatic carbocycles. The molecule has 0 saturated carbocycles. The van der Waals surface area contributed by atoms with Gasteiger partial charge >= 0.3 is 5.97 Å². The summed E-state index contributed by atoms with van der Waals surface area (Å²) in [7, 11) is 0. The molecule has 0 aliphatic rings. The molecular weight excluding hydrogens is 164 g/mol. The Morgan fingerprint density at radius 2 is 2.45 bits per heavy atom. The quantitative estimate of drug-likeness (QED) is 0.743. The SMILES string of the molecule is CCCc1snnc1C(=O)O. The average molecular weight is 172 g/mol. The van der Waals surface area contributed by atoms with Gasteiger partial charge in [0.25, 0.3) is 0 Å². The van der Waals surface area contributed by atoms with Crippen molar-refractivity contribution < 1.29 is 9.90 Å². The topological polar surface area (TPSA) is 63.1 Å². The molecule has 0 spiro atoms. The molecule has 0 aliphatic heterocycles. The first-order valence-corrected chi connectivity index (χ1v) is 4.07. The van der Waals surface area contributed by atoms with Crippen LogP contribution < -0.4 is 0 Å². The molecule has 0 atom stereocenters. The maximum absolute atomic E-state index is 10.5. The number of hydrogen-bond donors (Lipinski definition) is 1. The third-order valence-corrected chi connectivity index (χ3v) is 2.02. The van der Waals surface area contributed by atoms with Crippen molar-refractivity contribution in [1.29, 1.82) is 0 Å². The molecule has 5 heteroatoms. The van der Waals surface area contributed by atoms with Gasteiger partial charge in [-0.25, -0.2) is 4.79 Å². The normalized spacial score (nSPS) is 9.91. The van der Waals surface area contributed by atoms with E-state index in [9.17, 15) is 4.79 Å². The number of aryl methyl sites for hydroxylation is 1. The molecule has 1 N–H and O–H groups in total. The number of hydrogen-bond acceptors (Lipinski definition) is 4. The molecule has 1 aromatic rings. The molecular formula is C6H8N2O2S. The Kier molecular flexibility index (Phi) is 2.53. The fourth-order valence-electron chi connectivity index (χ4n) is 0.763. The lowest BCUT2D eigenvalue weighted by molar-refractivity contribution is 0.0689. The van der Waals surface area contributed by atoms with Crippen molar-refractivity contribution >= 4 is 17.5 Å². The molecule has 0 saturated heterocycles. The van der Waals surface area contributed by atoms with Gasteiger partial charge in [-0.2, -0.15) is 0 Å². The van der Waals surface area contributed by atoms with Gasteiger partial charge in [-0.15, -0.1) is 5.10 Å². The van der Waals surface area contributed by atoms with Crippen molar-refractivity contribution in [1.82, 2.24) is 9.59 Å². The van der Waals surface area contributed by atoms with Crippen LogP contribution in [-0.4, -0.2) is 20.7 Å². The standard InChI is InChI=1S/C6H8N2O2S/c1-2-3-4-5(6(9)10)7-8-11-4/h2-3H2,1H3,(H,9,10). The van der Waals surface area contributed by atoms with Crippen molar-refractivity contribution in [2.45, 2.75) is 19.8 Å². The molecule has 0 fully saturated rings. The second kappa shape index (κ2) is 3.43. The highest BCUT2D eigenvalue weighted by atomic mass is 32.1. The Labute approximate surface area is 68.0 Å². The van der Waals surface area contributed by atoms with Crippen molar-refractivity contribution in [2.24, 2.45) is 0 Å². The van der Waals surface area contributed by atoms with Crippen molar-refractivity contribution in [3.05, 3.63) is 10.6 Å². The molecule has 0 amide bonds. The number of carboxylic acids is 1. The van der Waals surface area contributed by atoms with Gasteiger partial charge in [-0.3, -0.25) is 0 Å². The second-order valence-electron chi connectivity index (χ2n) is 2.10. The first-order valence-electron chi connectivity index (χ1n) is 3.30. The van der Waals surface area contributed by atoms with Crippen LogP contribution in [0, 0.1) is 0 Å². The first kappa shape index (κ1) is 8.13. The van der Waals surface area contributed by atoms with Crippen molar-refractivity contribution in [3.63, 3.8) is 0 Å². The molecule has 11 heavy (non-hydrogen) atoms. The third kappa shape index (κ3) is 1.74. The number of carboxylic acid groups (broad SMARTS) is 1. The number of carbonyl (C=O) groups is 1. The van der Waals surface area contributed by atoms with E-state index >= 15 is 0 Å². The Hall–Kier alpha value is -0.970. The maximum Gasteiger partial charge on any atom is 0.357 e. The van der Waals surface area contributed by atoms with Crippen LogP contribution in [-0.2, 0) is 6.42 Å². The number of aromatic nitrogens is 2. The van der Waals surface area contributed by atoms with E-state index < -0.39 is 5.97 Å². The predicted octanol–water partition coefficient (Wildman–Crippen LogP) is 1.19. The number of aromatic carboxylic acids is 1. The van der Waals surface area contributed by atoms with Crippen LogP contribution in [0.25, 0.3) is 0 Å². The minimum absolute atomic E-state index is 0.108.